The molecule has 4 rings (SSSR count). The third-order valence-corrected chi connectivity index (χ3v) is 8.27. The molecule has 32 heavy (non-hydrogen) atoms. The molecule has 2 heterocycles. The Bertz CT molecular complexity index is 1240. The molecular formula is C22H20F2N2O4S2. The van der Waals surface area contributed by atoms with Gasteiger partial charge in [-0.3, -0.25) is 4.79 Å². The predicted octanol–water partition coefficient (Wildman–Crippen LogP) is 3.85. The summed E-state index contributed by atoms with van der Waals surface area (Å²) >= 11 is 1.31. The van der Waals surface area contributed by atoms with Gasteiger partial charge in [0.1, 0.15) is 27.2 Å². The van der Waals surface area contributed by atoms with Crippen LogP contribution in [0.1, 0.15) is 9.67 Å². The molecule has 2 aromatic carbocycles. The summed E-state index contributed by atoms with van der Waals surface area (Å²) in [5, 5.41) is 0. The van der Waals surface area contributed by atoms with Gasteiger partial charge in [0.2, 0.25) is 10.0 Å². The van der Waals surface area contributed by atoms with Gasteiger partial charge >= 0.3 is 0 Å². The maximum absolute atomic E-state index is 14.0. The van der Waals surface area contributed by atoms with E-state index in [4.69, 9.17) is 4.74 Å². The van der Waals surface area contributed by atoms with Crippen LogP contribution in [0, 0.1) is 11.6 Å². The molecule has 168 valence electrons. The first-order valence-corrected chi connectivity index (χ1v) is 12.0. The van der Waals surface area contributed by atoms with E-state index in [1.807, 2.05) is 30.3 Å². The molecule has 1 aromatic heterocycles. The third-order valence-electron chi connectivity index (χ3n) is 5.21. The van der Waals surface area contributed by atoms with Crippen molar-refractivity contribution < 1.29 is 26.7 Å². The molecule has 6 nitrogen and oxygen atoms in total. The van der Waals surface area contributed by atoms with Gasteiger partial charge < -0.3 is 9.64 Å². The molecule has 0 spiro atoms. The first kappa shape index (κ1) is 22.4. The highest BCUT2D eigenvalue weighted by molar-refractivity contribution is 7.89. The van der Waals surface area contributed by atoms with E-state index < -0.39 is 26.6 Å². The van der Waals surface area contributed by atoms with Crippen molar-refractivity contribution in [2.45, 2.75) is 4.90 Å². The lowest BCUT2D eigenvalue weighted by molar-refractivity contribution is 0.0699. The van der Waals surface area contributed by atoms with Gasteiger partial charge in [-0.05, 0) is 29.8 Å². The van der Waals surface area contributed by atoms with Crippen molar-refractivity contribution in [2.24, 2.45) is 0 Å². The average Bonchev–Trinajstić information content (AvgIpc) is 3.25. The summed E-state index contributed by atoms with van der Waals surface area (Å²) in [5.41, 5.74) is 0.961. The smallest absolute Gasteiger partial charge is 0.267 e. The lowest BCUT2D eigenvalue weighted by Crippen LogP contribution is -2.50. The average molecular weight is 479 g/mol. The van der Waals surface area contributed by atoms with Crippen LogP contribution in [0.2, 0.25) is 0 Å². The van der Waals surface area contributed by atoms with Crippen LogP contribution in [0.25, 0.3) is 10.4 Å². The fourth-order valence-corrected chi connectivity index (χ4v) is 6.11. The zero-order valence-electron chi connectivity index (χ0n) is 17.1. The standard InChI is InChI=1S/C22H20F2N2O4S2/c1-30-18-14-19(15-5-3-2-4-6-15)31-21(18)22(27)25-9-11-26(12-10-25)32(28,29)20-13-16(23)7-8-17(20)24/h2-8,13-14H,9-12H2,1H3. The molecule has 0 N–H and O–H groups in total. The Kier molecular flexibility index (Phi) is 6.27. The Morgan fingerprint density at radius 1 is 1.00 bits per heavy atom. The van der Waals surface area contributed by atoms with Gasteiger partial charge in [-0.1, -0.05) is 30.3 Å². The van der Waals surface area contributed by atoms with E-state index in [0.29, 0.717) is 16.7 Å². The molecule has 1 amide bonds. The molecule has 1 aliphatic rings. The van der Waals surface area contributed by atoms with Crippen molar-refractivity contribution in [3.8, 4) is 16.2 Å². The first-order chi connectivity index (χ1) is 15.3. The Labute approximate surface area is 188 Å². The van der Waals surface area contributed by atoms with Crippen molar-refractivity contribution in [1.82, 2.24) is 9.21 Å². The van der Waals surface area contributed by atoms with Crippen molar-refractivity contribution >= 4 is 27.3 Å². The van der Waals surface area contributed by atoms with Crippen LogP contribution in [-0.2, 0) is 10.0 Å². The molecule has 1 aliphatic heterocycles. The highest BCUT2D eigenvalue weighted by Crippen LogP contribution is 2.37. The zero-order chi connectivity index (χ0) is 22.9. The predicted molar refractivity (Wildman–Crippen MR) is 117 cm³/mol. The molecule has 3 aromatic rings. The minimum absolute atomic E-state index is 0.0245. The molecule has 0 saturated carbocycles. The summed E-state index contributed by atoms with van der Waals surface area (Å²) in [4.78, 5) is 15.3. The van der Waals surface area contributed by atoms with E-state index in [1.165, 1.54) is 23.3 Å². The fourth-order valence-electron chi connectivity index (χ4n) is 3.51. The van der Waals surface area contributed by atoms with Crippen LogP contribution >= 0.6 is 11.3 Å². The SMILES string of the molecule is COc1cc(-c2ccccc2)sc1C(=O)N1CCN(S(=O)(=O)c2cc(F)ccc2F)CC1. The van der Waals surface area contributed by atoms with Crippen LogP contribution in [0.5, 0.6) is 5.75 Å². The van der Waals surface area contributed by atoms with Crippen molar-refractivity contribution in [3.63, 3.8) is 0 Å². The van der Waals surface area contributed by atoms with Crippen molar-refractivity contribution in [3.05, 3.63) is 71.1 Å². The third kappa shape index (κ3) is 4.25. The number of sulfonamides is 1. The maximum Gasteiger partial charge on any atom is 0.267 e. The van der Waals surface area contributed by atoms with Crippen LogP contribution in [0.4, 0.5) is 8.78 Å². The number of nitrogens with zero attached hydrogens (tertiary/aromatic N) is 2. The number of amides is 1. The van der Waals surface area contributed by atoms with E-state index in [1.54, 1.807) is 6.07 Å². The van der Waals surface area contributed by atoms with Gasteiger partial charge in [-0.25, -0.2) is 17.2 Å². The number of piperazine rings is 1. The summed E-state index contributed by atoms with van der Waals surface area (Å²) in [6.07, 6.45) is 0. The summed E-state index contributed by atoms with van der Waals surface area (Å²) in [6.45, 7) is 0.194. The summed E-state index contributed by atoms with van der Waals surface area (Å²) < 4.78 is 59.5. The fraction of sp³-hybridized carbons (Fsp3) is 0.227. The molecule has 0 bridgehead atoms. The second kappa shape index (κ2) is 8.97. The number of methoxy groups -OCH3 is 1. The number of carbonyl (C=O) groups excluding carboxylic acids is 1. The van der Waals surface area contributed by atoms with Gasteiger partial charge in [0.15, 0.2) is 0 Å². The second-order valence-electron chi connectivity index (χ2n) is 7.15. The summed E-state index contributed by atoms with van der Waals surface area (Å²) in [5.74, 6) is -1.65. The largest absolute Gasteiger partial charge is 0.495 e. The monoisotopic (exact) mass is 478 g/mol. The van der Waals surface area contributed by atoms with Gasteiger partial charge in [0, 0.05) is 31.1 Å². The molecule has 0 radical (unpaired) electrons. The Morgan fingerprint density at radius 3 is 2.34 bits per heavy atom. The number of halogens is 2. The molecule has 0 aliphatic carbocycles. The Hall–Kier alpha value is -2.82. The number of carbonyl (C=O) groups is 1. The Balaban J connectivity index is 1.51. The molecule has 1 fully saturated rings. The highest BCUT2D eigenvalue weighted by Gasteiger charge is 2.33. The number of benzene rings is 2. The van der Waals surface area contributed by atoms with E-state index in [-0.39, 0.29) is 32.1 Å². The van der Waals surface area contributed by atoms with Crippen LogP contribution < -0.4 is 4.74 Å². The maximum atomic E-state index is 14.0. The van der Waals surface area contributed by atoms with Crippen LogP contribution in [0.3, 0.4) is 0 Å². The molecule has 10 heteroatoms. The topological polar surface area (TPSA) is 66.9 Å². The van der Waals surface area contributed by atoms with E-state index in [9.17, 15) is 22.0 Å². The van der Waals surface area contributed by atoms with Gasteiger partial charge in [-0.2, -0.15) is 4.31 Å². The lowest BCUT2D eigenvalue weighted by atomic mass is 10.2. The second-order valence-corrected chi connectivity index (χ2v) is 10.1. The minimum Gasteiger partial charge on any atom is -0.495 e. The molecular weight excluding hydrogens is 458 g/mol. The van der Waals surface area contributed by atoms with E-state index >= 15 is 0 Å². The minimum atomic E-state index is -4.22. The summed E-state index contributed by atoms with van der Waals surface area (Å²) in [6, 6.07) is 13.7. The van der Waals surface area contributed by atoms with E-state index in [0.717, 1.165) is 26.9 Å². The van der Waals surface area contributed by atoms with Gasteiger partial charge in [-0.15, -0.1) is 11.3 Å². The van der Waals surface area contributed by atoms with Crippen molar-refractivity contribution in [1.29, 1.82) is 0 Å². The molecule has 1 saturated heterocycles. The van der Waals surface area contributed by atoms with Crippen molar-refractivity contribution in [2.75, 3.05) is 33.3 Å². The molecule has 0 unspecified atom stereocenters. The Morgan fingerprint density at radius 2 is 1.69 bits per heavy atom. The zero-order valence-corrected chi connectivity index (χ0v) is 18.8. The first-order valence-electron chi connectivity index (χ1n) is 9.79. The van der Waals surface area contributed by atoms with E-state index in [2.05, 4.69) is 0 Å². The van der Waals surface area contributed by atoms with Crippen LogP contribution in [-0.4, -0.2) is 56.8 Å². The number of thiophene rings is 1. The lowest BCUT2D eigenvalue weighted by Gasteiger charge is -2.33. The number of hydrogen-bond acceptors (Lipinski definition) is 5. The quantitative estimate of drug-likeness (QED) is 0.559. The number of hydrogen-bond donors (Lipinski definition) is 0. The summed E-state index contributed by atoms with van der Waals surface area (Å²) in [7, 11) is -2.72. The number of ether oxygens (including phenoxy) is 1. The molecule has 0 atom stereocenters. The van der Waals surface area contributed by atoms with Gasteiger partial charge in [0.05, 0.1) is 7.11 Å². The van der Waals surface area contributed by atoms with Gasteiger partial charge in [0.25, 0.3) is 5.91 Å². The highest BCUT2D eigenvalue weighted by atomic mass is 32.2. The number of rotatable bonds is 5. The normalized spacial score (nSPS) is 15.0. The van der Waals surface area contributed by atoms with Crippen LogP contribution in [0.15, 0.2) is 59.5 Å².